The second-order valence-corrected chi connectivity index (χ2v) is 5.81. The van der Waals surface area contributed by atoms with Crippen molar-refractivity contribution in [2.75, 3.05) is 7.11 Å². The Kier molecular flexibility index (Phi) is 3.70. The lowest BCUT2D eigenvalue weighted by atomic mass is 9.58. The van der Waals surface area contributed by atoms with Crippen LogP contribution in [0.3, 0.4) is 0 Å². The van der Waals surface area contributed by atoms with E-state index in [2.05, 4.69) is 19.2 Å². The molecule has 0 aromatic rings. The maximum atomic E-state index is 12.1. The fourth-order valence-electron chi connectivity index (χ4n) is 3.51. The van der Waals surface area contributed by atoms with Crippen LogP contribution in [-0.4, -0.2) is 35.9 Å². The Bertz CT molecular complexity index is 321. The van der Waals surface area contributed by atoms with Gasteiger partial charge >= 0.3 is 0 Å². The van der Waals surface area contributed by atoms with Crippen molar-refractivity contribution in [3.05, 3.63) is 0 Å². The number of hydrogen-bond acceptors (Lipinski definition) is 3. The van der Waals surface area contributed by atoms with Crippen LogP contribution in [0.2, 0.25) is 0 Å². The van der Waals surface area contributed by atoms with Crippen molar-refractivity contribution in [3.8, 4) is 0 Å². The SMILES string of the molecule is CCC1(CC)[C@@H](OC)C[C@H]1NC(=O)C1(O)CCC1. The van der Waals surface area contributed by atoms with Crippen molar-refractivity contribution in [3.63, 3.8) is 0 Å². The van der Waals surface area contributed by atoms with Crippen molar-refractivity contribution >= 4 is 5.91 Å². The Morgan fingerprint density at radius 2 is 2.00 bits per heavy atom. The molecule has 0 unspecified atom stereocenters. The molecule has 1 amide bonds. The highest BCUT2D eigenvalue weighted by atomic mass is 16.5. The second-order valence-electron chi connectivity index (χ2n) is 5.81. The van der Waals surface area contributed by atoms with Gasteiger partial charge in [0.25, 0.3) is 5.91 Å². The predicted octanol–water partition coefficient (Wildman–Crippen LogP) is 1.61. The molecule has 2 atom stereocenters. The highest BCUT2D eigenvalue weighted by Crippen LogP contribution is 2.49. The Morgan fingerprint density at radius 1 is 1.39 bits per heavy atom. The van der Waals surface area contributed by atoms with Crippen LogP contribution in [-0.2, 0) is 9.53 Å². The third-order valence-electron chi connectivity index (χ3n) is 5.29. The number of rotatable bonds is 5. The van der Waals surface area contributed by atoms with E-state index in [9.17, 15) is 9.90 Å². The first-order valence-electron chi connectivity index (χ1n) is 7.08. The summed E-state index contributed by atoms with van der Waals surface area (Å²) >= 11 is 0. The minimum atomic E-state index is -1.09. The summed E-state index contributed by atoms with van der Waals surface area (Å²) in [5.41, 5.74) is -1.05. The first-order chi connectivity index (χ1) is 8.52. The van der Waals surface area contributed by atoms with Crippen LogP contribution in [0, 0.1) is 5.41 Å². The molecule has 4 nitrogen and oxygen atoms in total. The molecule has 0 radical (unpaired) electrons. The molecule has 18 heavy (non-hydrogen) atoms. The van der Waals surface area contributed by atoms with Crippen molar-refractivity contribution < 1.29 is 14.6 Å². The monoisotopic (exact) mass is 255 g/mol. The number of amides is 1. The molecule has 0 heterocycles. The van der Waals surface area contributed by atoms with Gasteiger partial charge in [0.05, 0.1) is 6.10 Å². The molecule has 0 aliphatic heterocycles. The van der Waals surface area contributed by atoms with E-state index in [4.69, 9.17) is 4.74 Å². The molecule has 2 aliphatic carbocycles. The van der Waals surface area contributed by atoms with Gasteiger partial charge in [-0.1, -0.05) is 13.8 Å². The van der Waals surface area contributed by atoms with Gasteiger partial charge in [-0.25, -0.2) is 0 Å². The molecule has 2 rings (SSSR count). The Morgan fingerprint density at radius 3 is 2.39 bits per heavy atom. The van der Waals surface area contributed by atoms with Crippen LogP contribution in [0.1, 0.15) is 52.4 Å². The van der Waals surface area contributed by atoms with Crippen LogP contribution in [0.5, 0.6) is 0 Å². The van der Waals surface area contributed by atoms with Crippen LogP contribution >= 0.6 is 0 Å². The maximum Gasteiger partial charge on any atom is 0.252 e. The average molecular weight is 255 g/mol. The van der Waals surface area contributed by atoms with Crippen molar-refractivity contribution in [2.24, 2.45) is 5.41 Å². The normalized spacial score (nSPS) is 32.2. The van der Waals surface area contributed by atoms with E-state index in [-0.39, 0.29) is 23.5 Å². The van der Waals surface area contributed by atoms with E-state index in [1.54, 1.807) is 7.11 Å². The Balaban J connectivity index is 1.99. The van der Waals surface area contributed by atoms with Gasteiger partial charge in [0.15, 0.2) is 0 Å². The molecule has 0 spiro atoms. The zero-order valence-electron chi connectivity index (χ0n) is 11.7. The summed E-state index contributed by atoms with van der Waals surface area (Å²) in [6.45, 7) is 4.29. The Labute approximate surface area is 109 Å². The molecular formula is C14H25NO3. The zero-order chi connectivity index (χ0) is 13.4. The molecule has 2 saturated carbocycles. The molecule has 0 aromatic carbocycles. The van der Waals surface area contributed by atoms with Gasteiger partial charge in [0.1, 0.15) is 5.60 Å². The molecule has 4 heteroatoms. The van der Waals surface area contributed by atoms with Crippen LogP contribution in [0.25, 0.3) is 0 Å². The lowest BCUT2D eigenvalue weighted by molar-refractivity contribution is -0.161. The van der Waals surface area contributed by atoms with Crippen LogP contribution in [0.4, 0.5) is 0 Å². The number of methoxy groups -OCH3 is 1. The summed E-state index contributed by atoms with van der Waals surface area (Å²) in [5, 5.41) is 13.1. The summed E-state index contributed by atoms with van der Waals surface area (Å²) < 4.78 is 5.51. The molecule has 2 aliphatic rings. The van der Waals surface area contributed by atoms with E-state index in [1.807, 2.05) is 0 Å². The smallest absolute Gasteiger partial charge is 0.252 e. The molecule has 2 fully saturated rings. The third kappa shape index (κ3) is 1.86. The number of hydrogen-bond donors (Lipinski definition) is 2. The van der Waals surface area contributed by atoms with Crippen molar-refractivity contribution in [1.82, 2.24) is 5.32 Å². The standard InChI is InChI=1S/C14H25NO3/c1-4-13(5-2)10(9-11(13)18-3)15-12(16)14(17)7-6-8-14/h10-11,17H,4-9H2,1-3H3,(H,15,16)/t10-,11+/m1/s1. The van der Waals surface area contributed by atoms with Gasteiger partial charge < -0.3 is 15.2 Å². The topological polar surface area (TPSA) is 58.6 Å². The molecule has 2 N–H and O–H groups in total. The van der Waals surface area contributed by atoms with Crippen LogP contribution in [0.15, 0.2) is 0 Å². The number of ether oxygens (including phenoxy) is 1. The van der Waals surface area contributed by atoms with Gasteiger partial charge in [0.2, 0.25) is 0 Å². The summed E-state index contributed by atoms with van der Waals surface area (Å²) in [6.07, 6.45) is 5.22. The second kappa shape index (κ2) is 4.82. The van der Waals surface area contributed by atoms with Crippen molar-refractivity contribution in [2.45, 2.75) is 70.1 Å². The molecular weight excluding hydrogens is 230 g/mol. The van der Waals surface area contributed by atoms with E-state index in [0.717, 1.165) is 25.7 Å². The van der Waals surface area contributed by atoms with Gasteiger partial charge in [0, 0.05) is 18.6 Å². The van der Waals surface area contributed by atoms with Crippen molar-refractivity contribution in [1.29, 1.82) is 0 Å². The quantitative estimate of drug-likeness (QED) is 0.784. The third-order valence-corrected chi connectivity index (χ3v) is 5.29. The molecule has 0 bridgehead atoms. The van der Waals surface area contributed by atoms with E-state index < -0.39 is 5.60 Å². The van der Waals surface area contributed by atoms with E-state index in [0.29, 0.717) is 12.8 Å². The van der Waals surface area contributed by atoms with Gasteiger partial charge in [-0.3, -0.25) is 4.79 Å². The molecule has 0 saturated heterocycles. The fraction of sp³-hybridized carbons (Fsp3) is 0.929. The summed E-state index contributed by atoms with van der Waals surface area (Å²) in [5.74, 6) is -0.181. The minimum absolute atomic E-state index is 0.0461. The molecule has 104 valence electrons. The number of carbonyl (C=O) groups excluding carboxylic acids is 1. The summed E-state index contributed by atoms with van der Waals surface area (Å²) in [4.78, 5) is 12.1. The van der Waals surface area contributed by atoms with E-state index in [1.165, 1.54) is 0 Å². The van der Waals surface area contributed by atoms with E-state index >= 15 is 0 Å². The zero-order valence-corrected chi connectivity index (χ0v) is 11.7. The first-order valence-corrected chi connectivity index (χ1v) is 7.08. The number of nitrogens with one attached hydrogen (secondary N) is 1. The lowest BCUT2D eigenvalue weighted by Gasteiger charge is -2.55. The highest BCUT2D eigenvalue weighted by molar-refractivity contribution is 5.86. The maximum absolute atomic E-state index is 12.1. The minimum Gasteiger partial charge on any atom is -0.381 e. The largest absolute Gasteiger partial charge is 0.381 e. The Hall–Kier alpha value is -0.610. The average Bonchev–Trinajstić information content (AvgIpc) is 2.32. The highest BCUT2D eigenvalue weighted by Gasteiger charge is 2.55. The van der Waals surface area contributed by atoms with Crippen LogP contribution < -0.4 is 5.32 Å². The fourth-order valence-corrected chi connectivity index (χ4v) is 3.51. The van der Waals surface area contributed by atoms with Gasteiger partial charge in [-0.05, 0) is 38.5 Å². The lowest BCUT2D eigenvalue weighted by Crippen LogP contribution is -2.67. The molecule has 0 aromatic heterocycles. The predicted molar refractivity (Wildman–Crippen MR) is 69.2 cm³/mol. The summed E-state index contributed by atoms with van der Waals surface area (Å²) in [6, 6.07) is 0.148. The van der Waals surface area contributed by atoms with Gasteiger partial charge in [-0.2, -0.15) is 0 Å². The number of aliphatic hydroxyl groups is 1. The number of carbonyl (C=O) groups is 1. The summed E-state index contributed by atoms with van der Waals surface area (Å²) in [7, 11) is 1.74. The van der Waals surface area contributed by atoms with Gasteiger partial charge in [-0.15, -0.1) is 0 Å². The first kappa shape index (κ1) is 13.8.